The van der Waals surface area contributed by atoms with Crippen LogP contribution in [0.4, 0.5) is 5.69 Å². The summed E-state index contributed by atoms with van der Waals surface area (Å²) in [5, 5.41) is 3.31. The molecule has 1 aromatic carbocycles. The number of carbonyl (C=O) groups excluding carboxylic acids is 2. The van der Waals surface area contributed by atoms with E-state index in [1.807, 2.05) is 34.9 Å². The average Bonchev–Trinajstić information content (AvgIpc) is 2.65. The molecule has 1 fully saturated rings. The van der Waals surface area contributed by atoms with Gasteiger partial charge in [-0.2, -0.15) is 0 Å². The minimum Gasteiger partial charge on any atom is -0.346 e. The molecule has 6 heteroatoms. The van der Waals surface area contributed by atoms with E-state index in [2.05, 4.69) is 18.3 Å². The Morgan fingerprint density at radius 2 is 2.27 bits per heavy atom. The van der Waals surface area contributed by atoms with Gasteiger partial charge in [0.25, 0.3) is 11.8 Å². The fraction of sp³-hybridized carbons (Fsp3) is 0.500. The maximum Gasteiger partial charge on any atom is 0.282 e. The molecule has 1 saturated heterocycles. The highest BCUT2D eigenvalue weighted by Gasteiger charge is 2.28. The summed E-state index contributed by atoms with van der Waals surface area (Å²) in [6.07, 6.45) is 0.987. The Morgan fingerprint density at radius 1 is 1.45 bits per heavy atom. The van der Waals surface area contributed by atoms with Crippen LogP contribution in [0.5, 0.6) is 0 Å². The molecule has 2 heterocycles. The number of benzene rings is 1. The second-order valence-corrected chi connectivity index (χ2v) is 7.41. The maximum absolute atomic E-state index is 12.8. The molecule has 2 atom stereocenters. The summed E-state index contributed by atoms with van der Waals surface area (Å²) < 4.78 is 0. The van der Waals surface area contributed by atoms with Gasteiger partial charge in [0.15, 0.2) is 13.1 Å². The first-order chi connectivity index (χ1) is 10.6. The fourth-order valence-corrected chi connectivity index (χ4v) is 4.08. The van der Waals surface area contributed by atoms with E-state index in [4.69, 9.17) is 0 Å². The average molecular weight is 320 g/mol. The van der Waals surface area contributed by atoms with Gasteiger partial charge in [-0.25, -0.2) is 0 Å². The minimum atomic E-state index is 0.0366. The summed E-state index contributed by atoms with van der Waals surface area (Å²) in [6, 6.07) is 8.11. The predicted molar refractivity (Wildman–Crippen MR) is 87.3 cm³/mol. The molecule has 0 bridgehead atoms. The molecule has 0 spiro atoms. The number of piperazine rings is 1. The Kier molecular flexibility index (Phi) is 4.69. The summed E-state index contributed by atoms with van der Waals surface area (Å²) in [6.45, 7) is 5.22. The quantitative estimate of drug-likeness (QED) is 0.801. The van der Waals surface area contributed by atoms with Crippen LogP contribution in [0.15, 0.2) is 29.2 Å². The molecule has 0 aliphatic carbocycles. The van der Waals surface area contributed by atoms with E-state index in [1.54, 1.807) is 0 Å². The molecule has 2 amide bonds. The number of quaternary nitrogens is 1. The largest absolute Gasteiger partial charge is 0.346 e. The zero-order valence-corrected chi connectivity index (χ0v) is 13.6. The van der Waals surface area contributed by atoms with Crippen molar-refractivity contribution in [3.63, 3.8) is 0 Å². The SMILES string of the molecule is C[C@H]1CCN(C(=O)C[NH+]2CCNC(=O)C2)c2ccccc2S1. The number of nitrogens with one attached hydrogen (secondary N) is 2. The second-order valence-electron chi connectivity index (χ2n) is 5.93. The monoisotopic (exact) mass is 320 g/mol. The van der Waals surface area contributed by atoms with E-state index in [0.717, 1.165) is 30.1 Å². The smallest absolute Gasteiger partial charge is 0.282 e. The number of carbonyl (C=O) groups is 2. The third-order valence-electron chi connectivity index (χ3n) is 4.16. The van der Waals surface area contributed by atoms with Crippen molar-refractivity contribution in [2.45, 2.75) is 23.5 Å². The van der Waals surface area contributed by atoms with Crippen molar-refractivity contribution < 1.29 is 14.5 Å². The van der Waals surface area contributed by atoms with Crippen LogP contribution in [0.2, 0.25) is 0 Å². The summed E-state index contributed by atoms with van der Waals surface area (Å²) in [7, 11) is 0. The molecule has 2 N–H and O–H groups in total. The number of hydrogen-bond donors (Lipinski definition) is 2. The van der Waals surface area contributed by atoms with E-state index in [1.165, 1.54) is 4.90 Å². The number of hydrogen-bond acceptors (Lipinski definition) is 3. The molecule has 2 aliphatic rings. The van der Waals surface area contributed by atoms with Crippen LogP contribution < -0.4 is 15.1 Å². The zero-order chi connectivity index (χ0) is 15.5. The molecule has 0 saturated carbocycles. The highest BCUT2D eigenvalue weighted by atomic mass is 32.2. The first-order valence-electron chi connectivity index (χ1n) is 7.80. The van der Waals surface area contributed by atoms with Crippen LogP contribution in [0, 0.1) is 0 Å². The molecule has 118 valence electrons. The van der Waals surface area contributed by atoms with Gasteiger partial charge in [0.1, 0.15) is 0 Å². The lowest BCUT2D eigenvalue weighted by Crippen LogP contribution is -3.16. The van der Waals surface area contributed by atoms with Crippen LogP contribution >= 0.6 is 11.8 Å². The zero-order valence-electron chi connectivity index (χ0n) is 12.8. The van der Waals surface area contributed by atoms with E-state index < -0.39 is 0 Å². The van der Waals surface area contributed by atoms with Crippen molar-refractivity contribution in [2.75, 3.05) is 37.6 Å². The summed E-state index contributed by atoms with van der Waals surface area (Å²) in [4.78, 5) is 28.4. The molecule has 5 nitrogen and oxygen atoms in total. The third kappa shape index (κ3) is 3.44. The Morgan fingerprint density at radius 3 is 3.09 bits per heavy atom. The third-order valence-corrected chi connectivity index (χ3v) is 5.39. The van der Waals surface area contributed by atoms with Gasteiger partial charge in [-0.15, -0.1) is 11.8 Å². The molecule has 1 aromatic rings. The second kappa shape index (κ2) is 6.71. The summed E-state index contributed by atoms with van der Waals surface area (Å²) in [5.41, 5.74) is 1.02. The van der Waals surface area contributed by atoms with Gasteiger partial charge < -0.3 is 15.1 Å². The van der Waals surface area contributed by atoms with Gasteiger partial charge in [0.05, 0.1) is 18.8 Å². The van der Waals surface area contributed by atoms with Crippen molar-refractivity contribution >= 4 is 29.3 Å². The first-order valence-corrected chi connectivity index (χ1v) is 8.68. The van der Waals surface area contributed by atoms with Crippen molar-refractivity contribution in [2.24, 2.45) is 0 Å². The lowest BCUT2D eigenvalue weighted by atomic mass is 10.2. The van der Waals surface area contributed by atoms with E-state index in [9.17, 15) is 9.59 Å². The highest BCUT2D eigenvalue weighted by Crippen LogP contribution is 2.37. The van der Waals surface area contributed by atoms with Gasteiger partial charge in [-0.1, -0.05) is 19.1 Å². The Hall–Kier alpha value is -1.53. The number of fused-ring (bicyclic) bond motifs is 1. The number of amides is 2. The Bertz CT molecular complexity index is 578. The standard InChI is InChI=1S/C16H21N3O2S/c1-12-6-8-19(13-4-2-3-5-14(13)22-12)16(21)11-18-9-7-17-15(20)10-18/h2-5,12H,6-11H2,1H3,(H,17,20)/p+1/t12-/m0/s1. The molecule has 0 aromatic heterocycles. The fourth-order valence-electron chi connectivity index (χ4n) is 2.96. The molecular formula is C16H22N3O2S+. The van der Waals surface area contributed by atoms with E-state index in [-0.39, 0.29) is 11.8 Å². The predicted octanol–water partition coefficient (Wildman–Crippen LogP) is -0.0814. The van der Waals surface area contributed by atoms with Crippen LogP contribution in [-0.4, -0.2) is 49.8 Å². The van der Waals surface area contributed by atoms with E-state index in [0.29, 0.717) is 24.9 Å². The van der Waals surface area contributed by atoms with Crippen LogP contribution in [-0.2, 0) is 9.59 Å². The Balaban J connectivity index is 1.75. The summed E-state index contributed by atoms with van der Waals surface area (Å²) in [5.74, 6) is 0.154. The van der Waals surface area contributed by atoms with Crippen molar-refractivity contribution in [1.29, 1.82) is 0 Å². The molecule has 1 unspecified atom stereocenters. The number of anilines is 1. The normalized spacial score (nSPS) is 25.1. The lowest BCUT2D eigenvalue weighted by Gasteiger charge is -2.27. The molecular weight excluding hydrogens is 298 g/mol. The lowest BCUT2D eigenvalue weighted by molar-refractivity contribution is -0.885. The molecule has 3 rings (SSSR count). The maximum atomic E-state index is 12.8. The van der Waals surface area contributed by atoms with Gasteiger partial charge in [0, 0.05) is 16.7 Å². The van der Waals surface area contributed by atoms with Gasteiger partial charge in [-0.05, 0) is 18.6 Å². The first kappa shape index (κ1) is 15.4. The Labute approximate surface area is 135 Å². The van der Waals surface area contributed by atoms with Crippen LogP contribution in [0.25, 0.3) is 0 Å². The van der Waals surface area contributed by atoms with Gasteiger partial charge in [0.2, 0.25) is 0 Å². The highest BCUT2D eigenvalue weighted by molar-refractivity contribution is 8.00. The van der Waals surface area contributed by atoms with E-state index >= 15 is 0 Å². The number of nitrogens with zero attached hydrogens (tertiary/aromatic N) is 1. The molecule has 2 aliphatic heterocycles. The van der Waals surface area contributed by atoms with Gasteiger partial charge >= 0.3 is 0 Å². The number of thioether (sulfide) groups is 1. The van der Waals surface area contributed by atoms with Crippen LogP contribution in [0.1, 0.15) is 13.3 Å². The summed E-state index contributed by atoms with van der Waals surface area (Å²) >= 11 is 1.84. The van der Waals surface area contributed by atoms with Crippen molar-refractivity contribution in [3.8, 4) is 0 Å². The number of para-hydroxylation sites is 1. The minimum absolute atomic E-state index is 0.0366. The van der Waals surface area contributed by atoms with Gasteiger partial charge in [-0.3, -0.25) is 9.59 Å². The molecule has 0 radical (unpaired) electrons. The van der Waals surface area contributed by atoms with Crippen molar-refractivity contribution in [3.05, 3.63) is 24.3 Å². The van der Waals surface area contributed by atoms with Crippen LogP contribution in [0.3, 0.4) is 0 Å². The van der Waals surface area contributed by atoms with Crippen molar-refractivity contribution in [1.82, 2.24) is 5.32 Å². The topological polar surface area (TPSA) is 53.9 Å². The molecule has 22 heavy (non-hydrogen) atoms. The number of rotatable bonds is 2.